The van der Waals surface area contributed by atoms with Crippen LogP contribution in [0.5, 0.6) is 0 Å². The molecule has 1 aliphatic rings. The summed E-state index contributed by atoms with van der Waals surface area (Å²) in [5.41, 5.74) is 1.10. The Morgan fingerprint density at radius 2 is 2.19 bits per heavy atom. The zero-order valence-corrected chi connectivity index (χ0v) is 10.6. The monoisotopic (exact) mass is 239 g/mol. The van der Waals surface area contributed by atoms with Gasteiger partial charge in [-0.25, -0.2) is 9.97 Å². The fourth-order valence-corrected chi connectivity index (χ4v) is 1.98. The first-order valence-corrected chi connectivity index (χ1v) is 6.40. The highest BCUT2D eigenvalue weighted by Crippen LogP contribution is 2.31. The summed E-state index contributed by atoms with van der Waals surface area (Å²) in [7, 11) is 0. The van der Waals surface area contributed by atoms with E-state index in [9.17, 15) is 0 Å². The topological polar surface area (TPSA) is 29.0 Å². The molecule has 0 radical (unpaired) electrons. The Morgan fingerprint density at radius 3 is 2.75 bits per heavy atom. The molecule has 0 aromatic carbocycles. The second-order valence-electron chi connectivity index (χ2n) is 4.57. The maximum Gasteiger partial charge on any atom is 0.132 e. The maximum absolute atomic E-state index is 5.84. The number of rotatable bonds is 5. The van der Waals surface area contributed by atoms with E-state index in [-0.39, 0.29) is 0 Å². The molecule has 0 unspecified atom stereocenters. The lowest BCUT2D eigenvalue weighted by Crippen LogP contribution is -2.28. The molecule has 3 nitrogen and oxygen atoms in total. The molecule has 0 spiro atoms. The van der Waals surface area contributed by atoms with Gasteiger partial charge in [-0.05, 0) is 18.8 Å². The number of nitrogens with zero attached hydrogens (tertiary/aromatic N) is 3. The molecule has 16 heavy (non-hydrogen) atoms. The van der Waals surface area contributed by atoms with Gasteiger partial charge in [0.25, 0.3) is 0 Å². The molecule has 0 atom stereocenters. The van der Waals surface area contributed by atoms with Crippen LogP contribution in [0.4, 0.5) is 5.82 Å². The lowest BCUT2D eigenvalue weighted by molar-refractivity contribution is 0.779. The van der Waals surface area contributed by atoms with Crippen LogP contribution in [0, 0.1) is 0 Å². The van der Waals surface area contributed by atoms with Crippen LogP contribution in [0.1, 0.15) is 38.3 Å². The smallest absolute Gasteiger partial charge is 0.132 e. The van der Waals surface area contributed by atoms with Gasteiger partial charge >= 0.3 is 0 Å². The molecule has 1 saturated carbocycles. The minimum atomic E-state index is 0.443. The Kier molecular flexibility index (Phi) is 3.64. The Hall–Kier alpha value is -0.830. The molecule has 88 valence electrons. The summed E-state index contributed by atoms with van der Waals surface area (Å²) in [6, 6.07) is 2.74. The first-order chi connectivity index (χ1) is 7.72. The van der Waals surface area contributed by atoms with Crippen LogP contribution < -0.4 is 4.90 Å². The SMILES string of the molecule is CC(C)c1cc(N(CCCl)C2CC2)ncn1. The lowest BCUT2D eigenvalue weighted by Gasteiger charge is -2.22. The third-order valence-corrected chi connectivity index (χ3v) is 3.04. The van der Waals surface area contributed by atoms with Crippen LogP contribution in [0.3, 0.4) is 0 Å². The molecule has 0 aliphatic heterocycles. The highest BCUT2D eigenvalue weighted by atomic mass is 35.5. The van der Waals surface area contributed by atoms with Crippen molar-refractivity contribution in [1.29, 1.82) is 0 Å². The van der Waals surface area contributed by atoms with Crippen LogP contribution in [0.25, 0.3) is 0 Å². The van der Waals surface area contributed by atoms with Gasteiger partial charge in [0.1, 0.15) is 12.1 Å². The summed E-state index contributed by atoms with van der Waals surface area (Å²) in [5.74, 6) is 2.12. The summed E-state index contributed by atoms with van der Waals surface area (Å²) in [5, 5.41) is 0. The molecule has 4 heteroatoms. The maximum atomic E-state index is 5.84. The van der Waals surface area contributed by atoms with Gasteiger partial charge < -0.3 is 4.90 Å². The van der Waals surface area contributed by atoms with Crippen molar-refractivity contribution >= 4 is 17.4 Å². The van der Waals surface area contributed by atoms with Crippen molar-refractivity contribution in [2.24, 2.45) is 0 Å². The van der Waals surface area contributed by atoms with E-state index in [0.29, 0.717) is 17.8 Å². The lowest BCUT2D eigenvalue weighted by atomic mass is 10.1. The van der Waals surface area contributed by atoms with Crippen molar-refractivity contribution in [3.8, 4) is 0 Å². The van der Waals surface area contributed by atoms with Crippen LogP contribution in [-0.4, -0.2) is 28.4 Å². The second kappa shape index (κ2) is 5.00. The van der Waals surface area contributed by atoms with Crippen molar-refractivity contribution in [1.82, 2.24) is 9.97 Å². The Bertz CT molecular complexity index is 350. The predicted octanol–water partition coefficient (Wildman–Crippen LogP) is 2.81. The third kappa shape index (κ3) is 2.64. The molecule has 1 aromatic rings. The molecule has 1 aliphatic carbocycles. The van der Waals surface area contributed by atoms with Crippen molar-refractivity contribution in [3.63, 3.8) is 0 Å². The Labute approximate surface area is 102 Å². The summed E-state index contributed by atoms with van der Waals surface area (Å²) >= 11 is 5.84. The number of hydrogen-bond acceptors (Lipinski definition) is 3. The zero-order valence-electron chi connectivity index (χ0n) is 9.86. The van der Waals surface area contributed by atoms with E-state index in [1.165, 1.54) is 12.8 Å². The normalized spacial score (nSPS) is 15.5. The van der Waals surface area contributed by atoms with Crippen molar-refractivity contribution in [3.05, 3.63) is 18.1 Å². The van der Waals surface area contributed by atoms with E-state index in [4.69, 9.17) is 11.6 Å². The summed E-state index contributed by atoms with van der Waals surface area (Å²) in [6.07, 6.45) is 4.18. The number of aromatic nitrogens is 2. The molecule has 0 amide bonds. The fourth-order valence-electron chi connectivity index (χ4n) is 1.80. The number of hydrogen-bond donors (Lipinski definition) is 0. The van der Waals surface area contributed by atoms with Gasteiger partial charge in [-0.2, -0.15) is 0 Å². The minimum Gasteiger partial charge on any atom is -0.352 e. The number of anilines is 1. The minimum absolute atomic E-state index is 0.443. The van der Waals surface area contributed by atoms with Crippen LogP contribution in [-0.2, 0) is 0 Å². The molecule has 1 fully saturated rings. The van der Waals surface area contributed by atoms with E-state index in [1.54, 1.807) is 6.33 Å². The standard InChI is InChI=1S/C12H18ClN3/c1-9(2)11-7-12(15-8-14-11)16(6-5-13)10-3-4-10/h7-10H,3-6H2,1-2H3. The third-order valence-electron chi connectivity index (χ3n) is 2.87. The quantitative estimate of drug-likeness (QED) is 0.740. The van der Waals surface area contributed by atoms with Gasteiger partial charge in [-0.3, -0.25) is 0 Å². The zero-order chi connectivity index (χ0) is 11.5. The molecule has 2 rings (SSSR count). The first-order valence-electron chi connectivity index (χ1n) is 5.87. The summed E-state index contributed by atoms with van der Waals surface area (Å²) < 4.78 is 0. The van der Waals surface area contributed by atoms with Crippen LogP contribution in [0.2, 0.25) is 0 Å². The molecule has 0 saturated heterocycles. The summed E-state index contributed by atoms with van der Waals surface area (Å²) in [4.78, 5) is 11.0. The van der Waals surface area contributed by atoms with Crippen molar-refractivity contribution < 1.29 is 0 Å². The van der Waals surface area contributed by atoms with E-state index in [0.717, 1.165) is 18.1 Å². The van der Waals surface area contributed by atoms with Gasteiger partial charge in [-0.15, -0.1) is 11.6 Å². The van der Waals surface area contributed by atoms with Crippen molar-refractivity contribution in [2.45, 2.75) is 38.6 Å². The molecular formula is C12H18ClN3. The molecule has 0 N–H and O–H groups in total. The average molecular weight is 240 g/mol. The number of halogens is 1. The predicted molar refractivity (Wildman–Crippen MR) is 67.2 cm³/mol. The molecule has 0 bridgehead atoms. The average Bonchev–Trinajstić information content (AvgIpc) is 3.10. The molecule has 1 aromatic heterocycles. The van der Waals surface area contributed by atoms with Crippen LogP contribution in [0.15, 0.2) is 12.4 Å². The van der Waals surface area contributed by atoms with E-state index in [1.807, 2.05) is 0 Å². The summed E-state index contributed by atoms with van der Waals surface area (Å²) in [6.45, 7) is 5.17. The highest BCUT2D eigenvalue weighted by Gasteiger charge is 2.29. The largest absolute Gasteiger partial charge is 0.352 e. The second-order valence-corrected chi connectivity index (χ2v) is 4.95. The first kappa shape index (κ1) is 11.6. The van der Waals surface area contributed by atoms with Gasteiger partial charge in [-0.1, -0.05) is 13.8 Å². The van der Waals surface area contributed by atoms with Gasteiger partial charge in [0.15, 0.2) is 0 Å². The van der Waals surface area contributed by atoms with E-state index < -0.39 is 0 Å². The number of alkyl halides is 1. The van der Waals surface area contributed by atoms with Gasteiger partial charge in [0.2, 0.25) is 0 Å². The fraction of sp³-hybridized carbons (Fsp3) is 0.667. The highest BCUT2D eigenvalue weighted by molar-refractivity contribution is 6.18. The molecular weight excluding hydrogens is 222 g/mol. The molecule has 1 heterocycles. The van der Waals surface area contributed by atoms with E-state index >= 15 is 0 Å². The van der Waals surface area contributed by atoms with Gasteiger partial charge in [0.05, 0.1) is 0 Å². The Morgan fingerprint density at radius 1 is 1.44 bits per heavy atom. The van der Waals surface area contributed by atoms with Crippen molar-refractivity contribution in [2.75, 3.05) is 17.3 Å². The van der Waals surface area contributed by atoms with Gasteiger partial charge in [0, 0.05) is 30.2 Å². The van der Waals surface area contributed by atoms with Crippen LogP contribution >= 0.6 is 11.6 Å². The Balaban J connectivity index is 2.19. The van der Waals surface area contributed by atoms with E-state index in [2.05, 4.69) is 34.8 Å².